The van der Waals surface area contributed by atoms with Crippen molar-refractivity contribution in [2.24, 2.45) is 0 Å². The SMILES string of the molecule is C1=CCC(c2cnc3ccccc3c2)=C1. The van der Waals surface area contributed by atoms with Crippen LogP contribution in [0.3, 0.4) is 0 Å². The number of hydrogen-bond acceptors (Lipinski definition) is 1. The molecule has 1 nitrogen and oxygen atoms in total. The monoisotopic (exact) mass is 193 g/mol. The van der Waals surface area contributed by atoms with Gasteiger partial charge in [0.15, 0.2) is 0 Å². The van der Waals surface area contributed by atoms with Gasteiger partial charge in [0.25, 0.3) is 0 Å². The summed E-state index contributed by atoms with van der Waals surface area (Å²) in [6, 6.07) is 10.4. The molecule has 1 aliphatic carbocycles. The summed E-state index contributed by atoms with van der Waals surface area (Å²) in [4.78, 5) is 4.46. The lowest BCUT2D eigenvalue weighted by molar-refractivity contribution is 1.35. The van der Waals surface area contributed by atoms with E-state index in [-0.39, 0.29) is 0 Å². The second kappa shape index (κ2) is 3.35. The molecule has 1 aromatic carbocycles. The number of pyridine rings is 1. The minimum atomic E-state index is 1.03. The average Bonchev–Trinajstić information content (AvgIpc) is 2.82. The third-order valence-corrected chi connectivity index (χ3v) is 2.73. The van der Waals surface area contributed by atoms with E-state index in [1.54, 1.807) is 0 Å². The first-order chi connectivity index (χ1) is 7.43. The van der Waals surface area contributed by atoms with Crippen LogP contribution in [0.5, 0.6) is 0 Å². The number of fused-ring (bicyclic) bond motifs is 1. The Balaban J connectivity index is 2.14. The summed E-state index contributed by atoms with van der Waals surface area (Å²) >= 11 is 0. The molecule has 0 saturated carbocycles. The standard InChI is InChI=1S/C14H11N/c1-2-6-11(5-1)13-9-12-7-3-4-8-14(12)15-10-13/h1-5,7-10H,6H2. The van der Waals surface area contributed by atoms with Crippen LogP contribution in [0.1, 0.15) is 12.0 Å². The predicted octanol–water partition coefficient (Wildman–Crippen LogP) is 3.58. The lowest BCUT2D eigenvalue weighted by atomic mass is 10.1. The van der Waals surface area contributed by atoms with Crippen LogP contribution in [-0.4, -0.2) is 4.98 Å². The zero-order valence-electron chi connectivity index (χ0n) is 8.35. The van der Waals surface area contributed by atoms with Gasteiger partial charge >= 0.3 is 0 Å². The molecule has 0 fully saturated rings. The highest BCUT2D eigenvalue weighted by Gasteiger charge is 2.04. The Morgan fingerprint density at radius 1 is 1.13 bits per heavy atom. The zero-order chi connectivity index (χ0) is 10.1. The van der Waals surface area contributed by atoms with E-state index < -0.39 is 0 Å². The van der Waals surface area contributed by atoms with Crippen molar-refractivity contribution < 1.29 is 0 Å². The van der Waals surface area contributed by atoms with E-state index in [9.17, 15) is 0 Å². The van der Waals surface area contributed by atoms with E-state index >= 15 is 0 Å². The van der Waals surface area contributed by atoms with Gasteiger partial charge in [-0.3, -0.25) is 4.98 Å². The summed E-state index contributed by atoms with van der Waals surface area (Å²) in [6.45, 7) is 0. The van der Waals surface area contributed by atoms with E-state index in [0.29, 0.717) is 0 Å². The molecule has 15 heavy (non-hydrogen) atoms. The van der Waals surface area contributed by atoms with Crippen LogP contribution >= 0.6 is 0 Å². The first-order valence-corrected chi connectivity index (χ1v) is 5.14. The van der Waals surface area contributed by atoms with E-state index in [2.05, 4.69) is 41.4 Å². The molecule has 2 aromatic rings. The van der Waals surface area contributed by atoms with Gasteiger partial charge < -0.3 is 0 Å². The first kappa shape index (κ1) is 8.42. The van der Waals surface area contributed by atoms with Crippen molar-refractivity contribution in [3.8, 4) is 0 Å². The molecule has 3 rings (SSSR count). The number of hydrogen-bond donors (Lipinski definition) is 0. The fraction of sp³-hybridized carbons (Fsp3) is 0.0714. The Hall–Kier alpha value is -1.89. The van der Waals surface area contributed by atoms with Crippen molar-refractivity contribution in [2.75, 3.05) is 0 Å². The molecule has 0 N–H and O–H groups in total. The van der Waals surface area contributed by atoms with Gasteiger partial charge in [0.2, 0.25) is 0 Å². The highest BCUT2D eigenvalue weighted by atomic mass is 14.6. The van der Waals surface area contributed by atoms with E-state index in [4.69, 9.17) is 0 Å². The second-order valence-electron chi connectivity index (χ2n) is 3.74. The lowest BCUT2D eigenvalue weighted by Crippen LogP contribution is -1.85. The molecule has 72 valence electrons. The first-order valence-electron chi connectivity index (χ1n) is 5.14. The Bertz CT molecular complexity index is 564. The molecule has 0 spiro atoms. The Morgan fingerprint density at radius 3 is 2.93 bits per heavy atom. The lowest BCUT2D eigenvalue weighted by Gasteiger charge is -2.03. The molecule has 0 unspecified atom stereocenters. The summed E-state index contributed by atoms with van der Waals surface area (Å²) in [6.07, 6.45) is 9.42. The average molecular weight is 193 g/mol. The zero-order valence-corrected chi connectivity index (χ0v) is 8.35. The molecule has 0 amide bonds. The molecule has 0 bridgehead atoms. The van der Waals surface area contributed by atoms with Crippen LogP contribution < -0.4 is 0 Å². The minimum absolute atomic E-state index is 1.03. The van der Waals surface area contributed by atoms with Gasteiger partial charge in [-0.15, -0.1) is 0 Å². The number of nitrogens with zero attached hydrogens (tertiary/aromatic N) is 1. The summed E-state index contributed by atoms with van der Waals surface area (Å²) in [7, 11) is 0. The van der Waals surface area contributed by atoms with Crippen LogP contribution in [0.25, 0.3) is 16.5 Å². The number of para-hydroxylation sites is 1. The third-order valence-electron chi connectivity index (χ3n) is 2.73. The van der Waals surface area contributed by atoms with Crippen LogP contribution in [0, 0.1) is 0 Å². The molecule has 0 radical (unpaired) electrons. The maximum Gasteiger partial charge on any atom is 0.0702 e. The highest BCUT2D eigenvalue weighted by Crippen LogP contribution is 2.24. The van der Waals surface area contributed by atoms with Crippen molar-refractivity contribution >= 4 is 16.5 Å². The molecule has 1 aliphatic rings. The number of benzene rings is 1. The summed E-state index contributed by atoms with van der Waals surface area (Å²) in [5.74, 6) is 0. The minimum Gasteiger partial charge on any atom is -0.256 e. The van der Waals surface area contributed by atoms with Crippen LogP contribution in [0.15, 0.2) is 54.8 Å². The largest absolute Gasteiger partial charge is 0.256 e. The van der Waals surface area contributed by atoms with Crippen molar-refractivity contribution in [1.82, 2.24) is 4.98 Å². The molecular weight excluding hydrogens is 182 g/mol. The van der Waals surface area contributed by atoms with Gasteiger partial charge in [-0.2, -0.15) is 0 Å². The van der Waals surface area contributed by atoms with Gasteiger partial charge in [0.1, 0.15) is 0 Å². The second-order valence-corrected chi connectivity index (χ2v) is 3.74. The summed E-state index contributed by atoms with van der Waals surface area (Å²) in [5.41, 5.74) is 3.65. The van der Waals surface area contributed by atoms with E-state index in [1.807, 2.05) is 18.3 Å². The Labute approximate surface area is 88.8 Å². The van der Waals surface area contributed by atoms with Gasteiger partial charge in [-0.1, -0.05) is 36.4 Å². The third kappa shape index (κ3) is 1.46. The summed E-state index contributed by atoms with van der Waals surface area (Å²) in [5, 5.41) is 1.21. The molecule has 0 atom stereocenters. The molecule has 1 aromatic heterocycles. The molecule has 0 saturated heterocycles. The van der Waals surface area contributed by atoms with Crippen molar-refractivity contribution in [3.05, 3.63) is 60.3 Å². The van der Waals surface area contributed by atoms with Crippen LogP contribution in [0.4, 0.5) is 0 Å². The van der Waals surface area contributed by atoms with Crippen LogP contribution in [0.2, 0.25) is 0 Å². The van der Waals surface area contributed by atoms with E-state index in [1.165, 1.54) is 16.5 Å². The number of rotatable bonds is 1. The highest BCUT2D eigenvalue weighted by molar-refractivity contribution is 5.83. The van der Waals surface area contributed by atoms with E-state index in [0.717, 1.165) is 11.9 Å². The molecule has 1 heteroatoms. The van der Waals surface area contributed by atoms with Crippen molar-refractivity contribution in [2.45, 2.75) is 6.42 Å². The van der Waals surface area contributed by atoms with Crippen molar-refractivity contribution in [1.29, 1.82) is 0 Å². The summed E-state index contributed by atoms with van der Waals surface area (Å²) < 4.78 is 0. The predicted molar refractivity (Wildman–Crippen MR) is 63.5 cm³/mol. The maximum absolute atomic E-state index is 4.46. The Kier molecular flexibility index (Phi) is 1.88. The number of allylic oxidation sites excluding steroid dienone is 4. The fourth-order valence-electron chi connectivity index (χ4n) is 1.91. The Morgan fingerprint density at radius 2 is 2.07 bits per heavy atom. The quantitative estimate of drug-likeness (QED) is 0.674. The van der Waals surface area contributed by atoms with Gasteiger partial charge in [0, 0.05) is 11.6 Å². The van der Waals surface area contributed by atoms with Gasteiger partial charge in [-0.05, 0) is 29.7 Å². The smallest absolute Gasteiger partial charge is 0.0702 e. The normalized spacial score (nSPS) is 14.5. The molecular formula is C14H11N. The molecule has 1 heterocycles. The van der Waals surface area contributed by atoms with Crippen LogP contribution in [-0.2, 0) is 0 Å². The number of aromatic nitrogens is 1. The maximum atomic E-state index is 4.46. The fourth-order valence-corrected chi connectivity index (χ4v) is 1.91. The van der Waals surface area contributed by atoms with Gasteiger partial charge in [-0.25, -0.2) is 0 Å². The topological polar surface area (TPSA) is 12.9 Å². The van der Waals surface area contributed by atoms with Gasteiger partial charge in [0.05, 0.1) is 5.52 Å². The molecule has 0 aliphatic heterocycles. The van der Waals surface area contributed by atoms with Crippen molar-refractivity contribution in [3.63, 3.8) is 0 Å².